The van der Waals surface area contributed by atoms with E-state index in [9.17, 15) is 9.18 Å². The lowest BCUT2D eigenvalue weighted by Crippen LogP contribution is -2.38. The molecule has 1 aliphatic carbocycles. The molecule has 1 atom stereocenters. The van der Waals surface area contributed by atoms with Gasteiger partial charge in [-0.3, -0.25) is 9.78 Å². The van der Waals surface area contributed by atoms with Crippen LogP contribution in [-0.2, 0) is 17.6 Å². The summed E-state index contributed by atoms with van der Waals surface area (Å²) in [5.41, 5.74) is 4.15. The van der Waals surface area contributed by atoms with Gasteiger partial charge in [0.2, 0.25) is 5.91 Å². The van der Waals surface area contributed by atoms with Crippen molar-refractivity contribution in [3.63, 3.8) is 0 Å². The highest BCUT2D eigenvalue weighted by Crippen LogP contribution is 2.38. The van der Waals surface area contributed by atoms with Gasteiger partial charge < -0.3 is 5.32 Å². The molecule has 3 aromatic rings. The highest BCUT2D eigenvalue weighted by Gasteiger charge is 2.26. The molecule has 0 aliphatic heterocycles. The van der Waals surface area contributed by atoms with Gasteiger partial charge >= 0.3 is 0 Å². The number of fused-ring (bicyclic) bond motifs is 2. The molecule has 1 aliphatic rings. The number of aryl methyl sites for hydroxylation is 1. The Kier molecular flexibility index (Phi) is 4.37. The third-order valence-electron chi connectivity index (χ3n) is 4.86. The topological polar surface area (TPSA) is 42.0 Å². The van der Waals surface area contributed by atoms with Gasteiger partial charge in [0.25, 0.3) is 0 Å². The van der Waals surface area contributed by atoms with Gasteiger partial charge in [-0.2, -0.15) is 0 Å². The molecule has 0 saturated heterocycles. The Balaban J connectivity index is 1.98. The minimum Gasteiger partial charge on any atom is -0.353 e. The monoisotopic (exact) mass is 368 g/mol. The summed E-state index contributed by atoms with van der Waals surface area (Å²) in [5.74, 6) is -0.327. The molecule has 3 nitrogen and oxygen atoms in total. The minimum atomic E-state index is -0.274. The number of nitrogens with zero attached hydrogens (tertiary/aromatic N) is 1. The molecule has 1 amide bonds. The van der Waals surface area contributed by atoms with Crippen LogP contribution in [0.4, 0.5) is 4.39 Å². The average Bonchev–Trinajstić information content (AvgIpc) is 2.60. The first-order valence-corrected chi connectivity index (χ1v) is 9.03. The summed E-state index contributed by atoms with van der Waals surface area (Å²) in [5, 5.41) is 4.42. The van der Waals surface area contributed by atoms with E-state index in [1.165, 1.54) is 13.0 Å². The van der Waals surface area contributed by atoms with Crippen LogP contribution >= 0.6 is 11.6 Å². The number of halogens is 2. The van der Waals surface area contributed by atoms with E-state index in [1.54, 1.807) is 18.2 Å². The van der Waals surface area contributed by atoms with E-state index in [4.69, 9.17) is 16.6 Å². The van der Waals surface area contributed by atoms with Crippen molar-refractivity contribution < 1.29 is 9.18 Å². The molecule has 26 heavy (non-hydrogen) atoms. The van der Waals surface area contributed by atoms with E-state index in [0.29, 0.717) is 17.0 Å². The largest absolute Gasteiger partial charge is 0.353 e. The number of pyridine rings is 1. The van der Waals surface area contributed by atoms with Crippen LogP contribution in [0.1, 0.15) is 24.6 Å². The van der Waals surface area contributed by atoms with Crippen molar-refractivity contribution in [1.29, 1.82) is 0 Å². The molecule has 0 unspecified atom stereocenters. The van der Waals surface area contributed by atoms with Crippen LogP contribution in [0.2, 0.25) is 5.02 Å². The van der Waals surface area contributed by atoms with Gasteiger partial charge in [-0.1, -0.05) is 29.8 Å². The fourth-order valence-corrected chi connectivity index (χ4v) is 3.97. The Morgan fingerprint density at radius 3 is 2.85 bits per heavy atom. The number of aromatic nitrogens is 1. The summed E-state index contributed by atoms with van der Waals surface area (Å²) in [7, 11) is 0. The standard InChI is InChI=1S/C21H18ClFN2O/c1-12(26)24-14-7-9-20-17(11-14)21(15-4-2-3-5-18(15)23)16-10-13(22)6-8-19(16)25-20/h2-6,8,10,14H,7,9,11H2,1H3,(H,24,26)/t14-/m1/s1. The molecule has 0 saturated carbocycles. The van der Waals surface area contributed by atoms with Crippen LogP contribution in [-0.4, -0.2) is 16.9 Å². The van der Waals surface area contributed by atoms with Crippen molar-refractivity contribution in [1.82, 2.24) is 10.3 Å². The maximum absolute atomic E-state index is 14.7. The molecule has 0 spiro atoms. The molecule has 0 bridgehead atoms. The van der Waals surface area contributed by atoms with Crippen LogP contribution in [0, 0.1) is 5.82 Å². The number of amides is 1. The number of nitrogens with one attached hydrogen (secondary N) is 1. The molecule has 2 aromatic carbocycles. The first-order valence-electron chi connectivity index (χ1n) is 8.66. The lowest BCUT2D eigenvalue weighted by molar-refractivity contribution is -0.119. The average molecular weight is 369 g/mol. The van der Waals surface area contributed by atoms with Gasteiger partial charge in [-0.15, -0.1) is 0 Å². The molecule has 0 fully saturated rings. The van der Waals surface area contributed by atoms with Gasteiger partial charge in [-0.25, -0.2) is 4.39 Å². The molecule has 132 valence electrons. The Morgan fingerprint density at radius 2 is 2.08 bits per heavy atom. The van der Waals surface area contributed by atoms with E-state index < -0.39 is 0 Å². The predicted octanol–water partition coefficient (Wildman–Crippen LogP) is 4.69. The number of carbonyl (C=O) groups excluding carboxylic acids is 1. The lowest BCUT2D eigenvalue weighted by Gasteiger charge is -2.27. The van der Waals surface area contributed by atoms with Gasteiger partial charge in [0, 0.05) is 34.6 Å². The second-order valence-corrected chi connectivity index (χ2v) is 7.13. The van der Waals surface area contributed by atoms with E-state index in [0.717, 1.165) is 40.6 Å². The molecule has 5 heteroatoms. The van der Waals surface area contributed by atoms with E-state index in [2.05, 4.69) is 5.32 Å². The molecule has 1 heterocycles. The van der Waals surface area contributed by atoms with Crippen LogP contribution < -0.4 is 5.32 Å². The maximum atomic E-state index is 14.7. The number of carbonyl (C=O) groups is 1. The van der Waals surface area contributed by atoms with Gasteiger partial charge in [-0.05, 0) is 54.7 Å². The highest BCUT2D eigenvalue weighted by atomic mass is 35.5. The van der Waals surface area contributed by atoms with Crippen LogP contribution in [0.15, 0.2) is 42.5 Å². The zero-order chi connectivity index (χ0) is 18.3. The quantitative estimate of drug-likeness (QED) is 0.713. The van der Waals surface area contributed by atoms with Crippen molar-refractivity contribution in [2.24, 2.45) is 0 Å². The smallest absolute Gasteiger partial charge is 0.217 e. The first-order chi connectivity index (χ1) is 12.5. The minimum absolute atomic E-state index is 0.0314. The fourth-order valence-electron chi connectivity index (χ4n) is 3.79. The zero-order valence-electron chi connectivity index (χ0n) is 14.4. The van der Waals surface area contributed by atoms with Crippen molar-refractivity contribution in [3.8, 4) is 11.1 Å². The SMILES string of the molecule is CC(=O)N[C@@H]1CCc2nc3ccc(Cl)cc3c(-c3ccccc3F)c2C1. The van der Waals surface area contributed by atoms with Crippen LogP contribution in [0.3, 0.4) is 0 Å². The molecule has 4 rings (SSSR count). The summed E-state index contributed by atoms with van der Waals surface area (Å²) < 4.78 is 14.7. The van der Waals surface area contributed by atoms with E-state index in [-0.39, 0.29) is 17.8 Å². The third-order valence-corrected chi connectivity index (χ3v) is 5.10. The van der Waals surface area contributed by atoms with E-state index in [1.807, 2.05) is 18.2 Å². The normalized spacial score (nSPS) is 16.3. The summed E-state index contributed by atoms with van der Waals surface area (Å²) >= 11 is 6.22. The second-order valence-electron chi connectivity index (χ2n) is 6.69. The summed E-state index contributed by atoms with van der Waals surface area (Å²) in [6.45, 7) is 1.52. The zero-order valence-corrected chi connectivity index (χ0v) is 15.1. The Hall–Kier alpha value is -2.46. The number of hydrogen-bond acceptors (Lipinski definition) is 2. The number of hydrogen-bond donors (Lipinski definition) is 1. The van der Waals surface area contributed by atoms with Crippen molar-refractivity contribution in [2.45, 2.75) is 32.2 Å². The second kappa shape index (κ2) is 6.69. The van der Waals surface area contributed by atoms with E-state index >= 15 is 0 Å². The highest BCUT2D eigenvalue weighted by molar-refractivity contribution is 6.31. The van der Waals surface area contributed by atoms with Crippen LogP contribution in [0.5, 0.6) is 0 Å². The lowest BCUT2D eigenvalue weighted by atomic mass is 9.84. The number of benzene rings is 2. The molecule has 0 radical (unpaired) electrons. The van der Waals surface area contributed by atoms with Crippen molar-refractivity contribution >= 4 is 28.4 Å². The van der Waals surface area contributed by atoms with Crippen molar-refractivity contribution in [3.05, 3.63) is 64.6 Å². The fraction of sp³-hybridized carbons (Fsp3) is 0.238. The third kappa shape index (κ3) is 3.06. The van der Waals surface area contributed by atoms with Crippen LogP contribution in [0.25, 0.3) is 22.0 Å². The molecule has 1 aromatic heterocycles. The molecular weight excluding hydrogens is 351 g/mol. The first kappa shape index (κ1) is 17.0. The van der Waals surface area contributed by atoms with Gasteiger partial charge in [0.05, 0.1) is 5.52 Å². The van der Waals surface area contributed by atoms with Gasteiger partial charge in [0.1, 0.15) is 5.82 Å². The van der Waals surface area contributed by atoms with Gasteiger partial charge in [0.15, 0.2) is 0 Å². The molecular formula is C21H18ClFN2O. The summed E-state index contributed by atoms with van der Waals surface area (Å²) in [4.78, 5) is 16.3. The number of rotatable bonds is 2. The van der Waals surface area contributed by atoms with Crippen molar-refractivity contribution in [2.75, 3.05) is 0 Å². The summed E-state index contributed by atoms with van der Waals surface area (Å²) in [6, 6.07) is 12.3. The summed E-state index contributed by atoms with van der Waals surface area (Å²) in [6.07, 6.45) is 2.21. The maximum Gasteiger partial charge on any atom is 0.217 e. The Labute approximate surface area is 156 Å². The Bertz CT molecular complexity index is 1020. The predicted molar refractivity (Wildman–Crippen MR) is 102 cm³/mol. The Morgan fingerprint density at radius 1 is 1.27 bits per heavy atom. The molecule has 1 N–H and O–H groups in total.